The van der Waals surface area contributed by atoms with E-state index in [1.165, 1.54) is 6.33 Å². The molecule has 1 saturated heterocycles. The molecule has 2 aromatic heterocycles. The molecule has 0 spiro atoms. The second kappa shape index (κ2) is 6.77. The number of piperidine rings is 1. The highest BCUT2D eigenvalue weighted by Gasteiger charge is 2.29. The molecule has 0 aliphatic carbocycles. The first-order valence-corrected chi connectivity index (χ1v) is 7.99. The van der Waals surface area contributed by atoms with Gasteiger partial charge in [-0.15, -0.1) is 0 Å². The van der Waals surface area contributed by atoms with Gasteiger partial charge in [-0.25, -0.2) is 15.0 Å². The number of hydrogen-bond acceptors (Lipinski definition) is 7. The lowest BCUT2D eigenvalue weighted by molar-refractivity contribution is -0.383. The first-order valence-electron chi connectivity index (χ1n) is 7.99. The van der Waals surface area contributed by atoms with Crippen LogP contribution in [0.2, 0.25) is 0 Å². The summed E-state index contributed by atoms with van der Waals surface area (Å²) in [4.78, 5) is 25.7. The van der Waals surface area contributed by atoms with E-state index in [-0.39, 0.29) is 11.5 Å². The van der Waals surface area contributed by atoms with Gasteiger partial charge in [-0.2, -0.15) is 0 Å². The number of nitrogens with one attached hydrogen (secondary N) is 1. The maximum Gasteiger partial charge on any atom is 0.353 e. The van der Waals surface area contributed by atoms with Crippen molar-refractivity contribution < 1.29 is 4.92 Å². The van der Waals surface area contributed by atoms with Gasteiger partial charge in [-0.1, -0.05) is 13.0 Å². The summed E-state index contributed by atoms with van der Waals surface area (Å²) >= 11 is 0. The third-order valence-electron chi connectivity index (χ3n) is 4.19. The van der Waals surface area contributed by atoms with Crippen molar-refractivity contribution in [3.05, 3.63) is 40.3 Å². The third-order valence-corrected chi connectivity index (χ3v) is 4.19. The lowest BCUT2D eigenvalue weighted by Crippen LogP contribution is -2.35. The van der Waals surface area contributed by atoms with Crippen LogP contribution in [0.4, 0.5) is 23.1 Å². The average molecular weight is 328 g/mol. The van der Waals surface area contributed by atoms with Gasteiger partial charge in [0.25, 0.3) is 0 Å². The highest BCUT2D eigenvalue weighted by Crippen LogP contribution is 2.35. The first-order chi connectivity index (χ1) is 11.6. The normalized spacial score (nSPS) is 17.6. The number of rotatable bonds is 4. The quantitative estimate of drug-likeness (QED) is 0.680. The van der Waals surface area contributed by atoms with Crippen LogP contribution in [0.1, 0.15) is 25.3 Å². The summed E-state index contributed by atoms with van der Waals surface area (Å²) in [5.41, 5.74) is 0.787. The summed E-state index contributed by atoms with van der Waals surface area (Å²) in [7, 11) is 0. The van der Waals surface area contributed by atoms with E-state index in [1.54, 1.807) is 6.20 Å². The smallest absolute Gasteiger partial charge is 0.350 e. The van der Waals surface area contributed by atoms with Crippen molar-refractivity contribution in [1.82, 2.24) is 15.0 Å². The minimum atomic E-state index is -0.421. The molecule has 0 radical (unpaired) electrons. The SMILES string of the molecule is Cc1cccnc1Nc1ncnc(N2CCCC(C)C2)c1[N+](=O)[O-]. The second-order valence-electron chi connectivity index (χ2n) is 6.14. The first kappa shape index (κ1) is 16.1. The van der Waals surface area contributed by atoms with Gasteiger partial charge in [0, 0.05) is 19.3 Å². The molecular formula is C16H20N6O2. The van der Waals surface area contributed by atoms with Gasteiger partial charge < -0.3 is 10.2 Å². The Hall–Kier alpha value is -2.77. The van der Waals surface area contributed by atoms with Crippen molar-refractivity contribution in [3.63, 3.8) is 0 Å². The van der Waals surface area contributed by atoms with Crippen LogP contribution in [0.3, 0.4) is 0 Å². The second-order valence-corrected chi connectivity index (χ2v) is 6.14. The van der Waals surface area contributed by atoms with Crippen molar-refractivity contribution in [2.75, 3.05) is 23.3 Å². The predicted octanol–water partition coefficient (Wildman–Crippen LogP) is 3.07. The zero-order valence-corrected chi connectivity index (χ0v) is 13.8. The van der Waals surface area contributed by atoms with Crippen LogP contribution < -0.4 is 10.2 Å². The van der Waals surface area contributed by atoms with Crippen LogP contribution in [-0.2, 0) is 0 Å². The summed E-state index contributed by atoms with van der Waals surface area (Å²) in [5, 5.41) is 14.7. The standard InChI is InChI=1S/C16H20N6O2/c1-11-5-4-8-21(9-11)16-13(22(23)24)15(18-10-19-16)20-14-12(2)6-3-7-17-14/h3,6-7,10-11H,4-5,8-9H2,1-2H3,(H,17,18,19,20). The molecule has 1 fully saturated rings. The fraction of sp³-hybridized carbons (Fsp3) is 0.438. The molecule has 1 unspecified atom stereocenters. The monoisotopic (exact) mass is 328 g/mol. The van der Waals surface area contributed by atoms with Crippen LogP contribution >= 0.6 is 0 Å². The number of aryl methyl sites for hydroxylation is 1. The van der Waals surface area contributed by atoms with E-state index in [0.717, 1.165) is 31.5 Å². The molecule has 1 aliphatic heterocycles. The molecule has 24 heavy (non-hydrogen) atoms. The number of pyridine rings is 1. The van der Waals surface area contributed by atoms with Crippen LogP contribution in [0.15, 0.2) is 24.7 Å². The summed E-state index contributed by atoms with van der Waals surface area (Å²) in [6.07, 6.45) is 5.13. The van der Waals surface area contributed by atoms with E-state index in [1.807, 2.05) is 24.0 Å². The molecule has 2 aromatic rings. The number of hydrogen-bond donors (Lipinski definition) is 1. The highest BCUT2D eigenvalue weighted by atomic mass is 16.6. The van der Waals surface area contributed by atoms with Gasteiger partial charge in [0.05, 0.1) is 4.92 Å². The summed E-state index contributed by atoms with van der Waals surface area (Å²) in [5.74, 6) is 1.59. The zero-order chi connectivity index (χ0) is 17.1. The Balaban J connectivity index is 1.99. The maximum atomic E-state index is 11.7. The van der Waals surface area contributed by atoms with Crippen molar-refractivity contribution in [2.45, 2.75) is 26.7 Å². The maximum absolute atomic E-state index is 11.7. The van der Waals surface area contributed by atoms with E-state index in [9.17, 15) is 10.1 Å². The molecule has 0 aromatic carbocycles. The van der Waals surface area contributed by atoms with Gasteiger partial charge in [0.2, 0.25) is 11.6 Å². The molecule has 1 atom stereocenters. The molecule has 3 rings (SSSR count). The van der Waals surface area contributed by atoms with Gasteiger partial charge >= 0.3 is 5.69 Å². The van der Waals surface area contributed by atoms with Crippen molar-refractivity contribution >= 4 is 23.1 Å². The molecule has 0 bridgehead atoms. The molecule has 0 saturated carbocycles. The van der Waals surface area contributed by atoms with Gasteiger partial charge in [-0.05, 0) is 37.3 Å². The molecular weight excluding hydrogens is 308 g/mol. The lowest BCUT2D eigenvalue weighted by atomic mass is 10.0. The Labute approximate surface area is 140 Å². The Kier molecular flexibility index (Phi) is 4.54. The zero-order valence-electron chi connectivity index (χ0n) is 13.8. The summed E-state index contributed by atoms with van der Waals surface area (Å²) in [6.45, 7) is 5.56. The minimum Gasteiger partial charge on any atom is -0.350 e. The number of nitro groups is 1. The van der Waals surface area contributed by atoms with Gasteiger partial charge in [0.15, 0.2) is 0 Å². The topological polar surface area (TPSA) is 97.1 Å². The van der Waals surface area contributed by atoms with Crippen LogP contribution in [0, 0.1) is 23.0 Å². The Morgan fingerprint density at radius 3 is 2.88 bits per heavy atom. The van der Waals surface area contributed by atoms with E-state index in [4.69, 9.17) is 0 Å². The largest absolute Gasteiger partial charge is 0.353 e. The van der Waals surface area contributed by atoms with Crippen LogP contribution in [0.5, 0.6) is 0 Å². The van der Waals surface area contributed by atoms with Crippen LogP contribution in [0.25, 0.3) is 0 Å². The van der Waals surface area contributed by atoms with E-state index in [2.05, 4.69) is 27.2 Å². The Bertz CT molecular complexity index is 751. The fourth-order valence-corrected chi connectivity index (χ4v) is 2.97. The number of anilines is 3. The van der Waals surface area contributed by atoms with E-state index in [0.29, 0.717) is 17.6 Å². The molecule has 1 aliphatic rings. The van der Waals surface area contributed by atoms with E-state index < -0.39 is 4.92 Å². The Morgan fingerprint density at radius 2 is 2.17 bits per heavy atom. The van der Waals surface area contributed by atoms with Crippen LogP contribution in [-0.4, -0.2) is 33.0 Å². The average Bonchev–Trinajstić information content (AvgIpc) is 2.56. The van der Waals surface area contributed by atoms with E-state index >= 15 is 0 Å². The minimum absolute atomic E-state index is 0.100. The van der Waals surface area contributed by atoms with Gasteiger partial charge in [-0.3, -0.25) is 10.1 Å². The number of nitrogens with zero attached hydrogens (tertiary/aromatic N) is 5. The fourth-order valence-electron chi connectivity index (χ4n) is 2.97. The number of aromatic nitrogens is 3. The van der Waals surface area contributed by atoms with Crippen molar-refractivity contribution in [3.8, 4) is 0 Å². The molecule has 8 heteroatoms. The lowest BCUT2D eigenvalue weighted by Gasteiger charge is -2.31. The molecule has 0 amide bonds. The predicted molar refractivity (Wildman–Crippen MR) is 91.6 cm³/mol. The highest BCUT2D eigenvalue weighted by molar-refractivity contribution is 5.74. The van der Waals surface area contributed by atoms with Gasteiger partial charge in [0.1, 0.15) is 12.1 Å². The van der Waals surface area contributed by atoms with Crippen molar-refractivity contribution in [1.29, 1.82) is 0 Å². The molecule has 1 N–H and O–H groups in total. The Morgan fingerprint density at radius 1 is 1.33 bits per heavy atom. The molecule has 3 heterocycles. The van der Waals surface area contributed by atoms with Crippen molar-refractivity contribution in [2.24, 2.45) is 5.92 Å². The third kappa shape index (κ3) is 3.27. The summed E-state index contributed by atoms with van der Waals surface area (Å²) < 4.78 is 0. The summed E-state index contributed by atoms with van der Waals surface area (Å²) in [6, 6.07) is 3.70. The molecule has 8 nitrogen and oxygen atoms in total. The molecule has 126 valence electrons.